The highest BCUT2D eigenvalue weighted by Crippen LogP contribution is 2.30. The number of esters is 1. The molecule has 0 saturated carbocycles. The average molecular weight is 398 g/mol. The zero-order valence-corrected chi connectivity index (χ0v) is 16.3. The van der Waals surface area contributed by atoms with E-state index in [0.717, 1.165) is 15.7 Å². The second-order valence-electron chi connectivity index (χ2n) is 7.84. The number of likely N-dealkylation sites (tertiary alicyclic amines) is 1. The van der Waals surface area contributed by atoms with Crippen LogP contribution in [0.5, 0.6) is 0 Å². The van der Waals surface area contributed by atoms with Crippen molar-refractivity contribution in [1.82, 2.24) is 10.2 Å². The van der Waals surface area contributed by atoms with Gasteiger partial charge < -0.3 is 20.1 Å². The summed E-state index contributed by atoms with van der Waals surface area (Å²) in [6.45, 7) is 1.94. The van der Waals surface area contributed by atoms with E-state index >= 15 is 0 Å². The van der Waals surface area contributed by atoms with E-state index in [4.69, 9.17) is 4.74 Å². The maximum Gasteiger partial charge on any atom is 0.364 e. The molecule has 3 N–H and O–H groups in total. The first-order chi connectivity index (χ1) is 13.8. The topological polar surface area (TPSA) is 100 Å². The van der Waals surface area contributed by atoms with Crippen LogP contribution in [0.2, 0.25) is 0 Å². The molecule has 2 aromatic carbocycles. The highest BCUT2D eigenvalue weighted by Gasteiger charge is 2.52. The van der Waals surface area contributed by atoms with Gasteiger partial charge in [0.05, 0.1) is 7.11 Å². The van der Waals surface area contributed by atoms with Crippen LogP contribution in [-0.4, -0.2) is 60.4 Å². The Bertz CT molecular complexity index is 993. The number of aliphatic hydroxyl groups is 1. The summed E-state index contributed by atoms with van der Waals surface area (Å²) in [7, 11) is 1.29. The number of hydrogen-bond acceptors (Lipinski definition) is 5. The van der Waals surface area contributed by atoms with Gasteiger partial charge >= 0.3 is 12.0 Å². The molecule has 2 heterocycles. The van der Waals surface area contributed by atoms with Gasteiger partial charge in [-0.15, -0.1) is 0 Å². The molecule has 3 amide bonds. The quantitative estimate of drug-likeness (QED) is 0.487. The van der Waals surface area contributed by atoms with Crippen LogP contribution < -0.4 is 10.2 Å². The van der Waals surface area contributed by atoms with Crippen LogP contribution in [-0.2, 0) is 19.9 Å². The maximum absolute atomic E-state index is 13.2. The minimum absolute atomic E-state index is 0.00926. The largest absolute Gasteiger partial charge is 0.465 e. The fourth-order valence-electron chi connectivity index (χ4n) is 4.29. The van der Waals surface area contributed by atoms with Gasteiger partial charge in [-0.05, 0) is 29.3 Å². The summed E-state index contributed by atoms with van der Waals surface area (Å²) in [5.74, 6) is -0.837. The lowest BCUT2D eigenvalue weighted by atomic mass is 9.90. The standard InChI is InChI=1S/C21H23N3O5/c1-21(15-8-7-13-5-3-4-6-14(13)9-15)19(27)24(20(28)22-21)12-23-11-16(25)10-17(23)18(26)29-2/h3-9,16-17,25H,10-12H2,1-2H3,(H,22,28)/p+1/t16-,17+,21+/m1/s1. The van der Waals surface area contributed by atoms with Gasteiger partial charge in [0, 0.05) is 6.42 Å². The first-order valence-corrected chi connectivity index (χ1v) is 9.57. The maximum atomic E-state index is 13.2. The lowest BCUT2D eigenvalue weighted by Crippen LogP contribution is -3.16. The van der Waals surface area contributed by atoms with Crippen LogP contribution in [0.3, 0.4) is 0 Å². The van der Waals surface area contributed by atoms with Crippen LogP contribution in [0, 0.1) is 0 Å². The Morgan fingerprint density at radius 3 is 2.72 bits per heavy atom. The summed E-state index contributed by atoms with van der Waals surface area (Å²) in [6.07, 6.45) is -0.435. The molecule has 0 spiro atoms. The van der Waals surface area contributed by atoms with Gasteiger partial charge in [0.15, 0.2) is 12.7 Å². The summed E-state index contributed by atoms with van der Waals surface area (Å²) < 4.78 is 4.81. The van der Waals surface area contributed by atoms with E-state index < -0.39 is 29.7 Å². The Balaban J connectivity index is 1.60. The van der Waals surface area contributed by atoms with Gasteiger partial charge in [-0.2, -0.15) is 0 Å². The highest BCUT2D eigenvalue weighted by atomic mass is 16.5. The van der Waals surface area contributed by atoms with E-state index in [-0.39, 0.29) is 25.5 Å². The third-order valence-electron chi connectivity index (χ3n) is 5.95. The number of amides is 3. The van der Waals surface area contributed by atoms with Gasteiger partial charge in [-0.25, -0.2) is 14.5 Å². The van der Waals surface area contributed by atoms with E-state index in [1.807, 2.05) is 42.5 Å². The number of imide groups is 1. The van der Waals surface area contributed by atoms with E-state index in [1.54, 1.807) is 6.92 Å². The van der Waals surface area contributed by atoms with Crippen molar-refractivity contribution in [1.29, 1.82) is 0 Å². The van der Waals surface area contributed by atoms with Gasteiger partial charge in [-0.3, -0.25) is 4.79 Å². The Kier molecular flexibility index (Phi) is 4.76. The number of rotatable bonds is 4. The minimum Gasteiger partial charge on any atom is -0.465 e. The van der Waals surface area contributed by atoms with Crippen molar-refractivity contribution in [3.05, 3.63) is 48.0 Å². The third-order valence-corrected chi connectivity index (χ3v) is 5.95. The number of methoxy groups -OCH3 is 1. The second-order valence-corrected chi connectivity index (χ2v) is 7.84. The molecule has 2 aliphatic heterocycles. The minimum atomic E-state index is -1.19. The summed E-state index contributed by atoms with van der Waals surface area (Å²) >= 11 is 0. The number of nitrogens with one attached hydrogen (secondary N) is 2. The Morgan fingerprint density at radius 2 is 2.00 bits per heavy atom. The van der Waals surface area contributed by atoms with Crippen molar-refractivity contribution in [2.45, 2.75) is 31.0 Å². The first kappa shape index (κ1) is 19.4. The second kappa shape index (κ2) is 7.13. The predicted molar refractivity (Wildman–Crippen MR) is 104 cm³/mol. The zero-order chi connectivity index (χ0) is 20.8. The molecule has 4 rings (SSSR count). The number of aliphatic hydroxyl groups excluding tert-OH is 1. The lowest BCUT2D eigenvalue weighted by molar-refractivity contribution is -0.912. The summed E-state index contributed by atoms with van der Waals surface area (Å²) in [5.41, 5.74) is -0.502. The lowest BCUT2D eigenvalue weighted by Gasteiger charge is -2.25. The van der Waals surface area contributed by atoms with Crippen LogP contribution in [0.1, 0.15) is 18.9 Å². The van der Waals surface area contributed by atoms with E-state index in [1.165, 1.54) is 7.11 Å². The predicted octanol–water partition coefficient (Wildman–Crippen LogP) is -0.245. The molecular weight excluding hydrogens is 374 g/mol. The molecule has 4 atom stereocenters. The van der Waals surface area contributed by atoms with Gasteiger partial charge in [0.1, 0.15) is 18.2 Å². The van der Waals surface area contributed by atoms with Crippen LogP contribution in [0.25, 0.3) is 10.8 Å². The molecule has 0 aliphatic carbocycles. The van der Waals surface area contributed by atoms with Crippen molar-refractivity contribution >= 4 is 28.7 Å². The Hall–Kier alpha value is -2.97. The number of hydrogen-bond donors (Lipinski definition) is 3. The fraction of sp³-hybridized carbons (Fsp3) is 0.381. The smallest absolute Gasteiger partial charge is 0.364 e. The number of urea groups is 1. The monoisotopic (exact) mass is 398 g/mol. The molecule has 1 unspecified atom stereocenters. The molecule has 0 radical (unpaired) electrons. The molecule has 8 heteroatoms. The normalized spacial score (nSPS) is 29.3. The molecule has 152 valence electrons. The molecule has 8 nitrogen and oxygen atoms in total. The van der Waals surface area contributed by atoms with Crippen molar-refractivity contribution < 1.29 is 29.1 Å². The van der Waals surface area contributed by atoms with Crippen molar-refractivity contribution in [3.63, 3.8) is 0 Å². The van der Waals surface area contributed by atoms with E-state index in [9.17, 15) is 19.5 Å². The van der Waals surface area contributed by atoms with Crippen molar-refractivity contribution in [2.75, 3.05) is 20.3 Å². The van der Waals surface area contributed by atoms with Crippen LogP contribution >= 0.6 is 0 Å². The van der Waals surface area contributed by atoms with Gasteiger partial charge in [0.25, 0.3) is 5.91 Å². The zero-order valence-electron chi connectivity index (χ0n) is 16.3. The first-order valence-electron chi connectivity index (χ1n) is 9.57. The summed E-state index contributed by atoms with van der Waals surface area (Å²) in [6, 6.07) is 12.4. The van der Waals surface area contributed by atoms with Crippen LogP contribution in [0.15, 0.2) is 42.5 Å². The Labute approximate surface area is 168 Å². The van der Waals surface area contributed by atoms with Crippen molar-refractivity contribution in [2.24, 2.45) is 0 Å². The molecule has 2 saturated heterocycles. The molecule has 2 fully saturated rings. The Morgan fingerprint density at radius 1 is 1.28 bits per heavy atom. The average Bonchev–Trinajstić information content (AvgIpc) is 3.19. The summed E-state index contributed by atoms with van der Waals surface area (Å²) in [5, 5.41) is 14.8. The molecular formula is C21H24N3O5+. The summed E-state index contributed by atoms with van der Waals surface area (Å²) in [4.78, 5) is 39.7. The number of ether oxygens (including phenoxy) is 1. The van der Waals surface area contributed by atoms with Crippen LogP contribution in [0.4, 0.5) is 4.79 Å². The van der Waals surface area contributed by atoms with Gasteiger partial charge in [0.2, 0.25) is 0 Å². The number of carbonyl (C=O) groups excluding carboxylic acids is 3. The van der Waals surface area contributed by atoms with E-state index in [2.05, 4.69) is 5.32 Å². The number of fused-ring (bicyclic) bond motifs is 1. The number of quaternary nitrogens is 1. The molecule has 2 aromatic rings. The third kappa shape index (κ3) is 3.24. The van der Waals surface area contributed by atoms with E-state index in [0.29, 0.717) is 10.5 Å². The number of nitrogens with zero attached hydrogens (tertiary/aromatic N) is 1. The number of benzene rings is 2. The molecule has 2 aliphatic rings. The van der Waals surface area contributed by atoms with Gasteiger partial charge in [-0.1, -0.05) is 36.4 Å². The number of carbonyl (C=O) groups is 3. The molecule has 0 aromatic heterocycles. The SMILES string of the molecule is COC(=O)[C@@H]1C[C@@H](O)C[NH+]1CN1C(=O)N[C@@](C)(c2ccc3ccccc3c2)C1=O. The highest BCUT2D eigenvalue weighted by molar-refractivity contribution is 6.07. The fourth-order valence-corrected chi connectivity index (χ4v) is 4.29. The molecule has 29 heavy (non-hydrogen) atoms. The molecule has 0 bridgehead atoms. The van der Waals surface area contributed by atoms with Crippen molar-refractivity contribution in [3.8, 4) is 0 Å².